The van der Waals surface area contributed by atoms with Gasteiger partial charge in [0.1, 0.15) is 10.0 Å². The smallest absolute Gasteiger partial charge is 0.243 e. The summed E-state index contributed by atoms with van der Waals surface area (Å²) in [6.45, 7) is 2.15. The molecule has 0 radical (unpaired) electrons. The van der Waals surface area contributed by atoms with Gasteiger partial charge in [-0.15, -0.1) is 0 Å². The van der Waals surface area contributed by atoms with Crippen molar-refractivity contribution < 1.29 is 13.5 Å². The first kappa shape index (κ1) is 14.4. The molecule has 2 N–H and O–H groups in total. The Morgan fingerprint density at radius 1 is 1.59 bits per heavy atom. The van der Waals surface area contributed by atoms with Crippen molar-refractivity contribution in [1.82, 2.24) is 9.71 Å². The highest BCUT2D eigenvalue weighted by Gasteiger charge is 2.18. The number of aliphatic hydroxyl groups is 1. The highest BCUT2D eigenvalue weighted by atomic mass is 35.5. The second-order valence-corrected chi connectivity index (χ2v) is 5.86. The SMILES string of the molecule is CC(CCO)CNS(=O)(=O)c1cccnc1Cl. The van der Waals surface area contributed by atoms with Crippen LogP contribution < -0.4 is 4.72 Å². The van der Waals surface area contributed by atoms with Gasteiger partial charge in [0, 0.05) is 19.3 Å². The van der Waals surface area contributed by atoms with Gasteiger partial charge in [0.15, 0.2) is 0 Å². The number of hydrogen-bond donors (Lipinski definition) is 2. The van der Waals surface area contributed by atoms with Gasteiger partial charge in [-0.1, -0.05) is 18.5 Å². The number of nitrogens with zero attached hydrogens (tertiary/aromatic N) is 1. The summed E-state index contributed by atoms with van der Waals surface area (Å²) in [5.41, 5.74) is 0. The summed E-state index contributed by atoms with van der Waals surface area (Å²) in [6.07, 6.45) is 1.97. The molecule has 0 bridgehead atoms. The fraction of sp³-hybridized carbons (Fsp3) is 0.500. The van der Waals surface area contributed by atoms with Crippen LogP contribution in [-0.2, 0) is 10.0 Å². The maximum Gasteiger partial charge on any atom is 0.243 e. The number of halogens is 1. The summed E-state index contributed by atoms with van der Waals surface area (Å²) in [7, 11) is -3.63. The first-order chi connectivity index (χ1) is 7.97. The normalized spacial score (nSPS) is 13.6. The topological polar surface area (TPSA) is 79.3 Å². The van der Waals surface area contributed by atoms with E-state index >= 15 is 0 Å². The lowest BCUT2D eigenvalue weighted by Crippen LogP contribution is -2.29. The van der Waals surface area contributed by atoms with Crippen LogP contribution >= 0.6 is 11.6 Å². The molecule has 1 rings (SSSR count). The van der Waals surface area contributed by atoms with Crippen molar-refractivity contribution >= 4 is 21.6 Å². The quantitative estimate of drug-likeness (QED) is 0.762. The van der Waals surface area contributed by atoms with Gasteiger partial charge in [-0.2, -0.15) is 0 Å². The molecule has 0 spiro atoms. The third-order valence-corrected chi connectivity index (χ3v) is 4.13. The van der Waals surface area contributed by atoms with E-state index in [0.29, 0.717) is 6.42 Å². The number of aliphatic hydroxyl groups excluding tert-OH is 1. The average molecular weight is 279 g/mol. The van der Waals surface area contributed by atoms with Crippen LogP contribution in [0.1, 0.15) is 13.3 Å². The van der Waals surface area contributed by atoms with Gasteiger partial charge >= 0.3 is 0 Å². The van der Waals surface area contributed by atoms with Crippen molar-refractivity contribution in [2.45, 2.75) is 18.2 Å². The Hall–Kier alpha value is -0.690. The van der Waals surface area contributed by atoms with E-state index in [0.717, 1.165) is 0 Å². The zero-order valence-corrected chi connectivity index (χ0v) is 11.0. The van der Waals surface area contributed by atoms with Gasteiger partial charge in [-0.05, 0) is 24.5 Å². The largest absolute Gasteiger partial charge is 0.396 e. The van der Waals surface area contributed by atoms with Crippen molar-refractivity contribution in [3.05, 3.63) is 23.5 Å². The standard InChI is InChI=1S/C10H15ClN2O3S/c1-8(4-6-14)7-13-17(15,16)9-3-2-5-12-10(9)11/h2-3,5,8,13-14H,4,6-7H2,1H3. The van der Waals surface area contributed by atoms with Gasteiger partial charge in [-0.25, -0.2) is 18.1 Å². The molecular weight excluding hydrogens is 264 g/mol. The maximum absolute atomic E-state index is 11.9. The number of aromatic nitrogens is 1. The van der Waals surface area contributed by atoms with Crippen LogP contribution in [-0.4, -0.2) is 31.7 Å². The molecule has 0 aliphatic rings. The Morgan fingerprint density at radius 2 is 2.29 bits per heavy atom. The van der Waals surface area contributed by atoms with Gasteiger partial charge in [0.25, 0.3) is 0 Å². The van der Waals surface area contributed by atoms with E-state index in [2.05, 4.69) is 9.71 Å². The Labute approximate surface area is 106 Å². The molecule has 0 saturated carbocycles. The third-order valence-electron chi connectivity index (χ3n) is 2.26. The van der Waals surface area contributed by atoms with Crippen LogP contribution in [0.2, 0.25) is 5.15 Å². The molecule has 0 aliphatic heterocycles. The van der Waals surface area contributed by atoms with Crippen LogP contribution in [0.3, 0.4) is 0 Å². The summed E-state index contributed by atoms with van der Waals surface area (Å²) in [4.78, 5) is 3.69. The van der Waals surface area contributed by atoms with Crippen LogP contribution in [0.25, 0.3) is 0 Å². The monoisotopic (exact) mass is 278 g/mol. The Bertz CT molecular complexity index is 464. The van der Waals surface area contributed by atoms with Gasteiger partial charge in [0.2, 0.25) is 10.0 Å². The second kappa shape index (κ2) is 6.30. The molecule has 5 nitrogen and oxygen atoms in total. The number of hydrogen-bond acceptors (Lipinski definition) is 4. The molecule has 0 amide bonds. The average Bonchev–Trinajstić information content (AvgIpc) is 2.27. The van der Waals surface area contributed by atoms with Gasteiger partial charge < -0.3 is 5.11 Å². The molecule has 0 fully saturated rings. The molecule has 1 aromatic rings. The van der Waals surface area contributed by atoms with Crippen LogP contribution in [0, 0.1) is 5.92 Å². The summed E-state index contributed by atoms with van der Waals surface area (Å²) in [6, 6.07) is 2.91. The van der Waals surface area contributed by atoms with Crippen LogP contribution in [0.15, 0.2) is 23.2 Å². The molecule has 7 heteroatoms. The van der Waals surface area contributed by atoms with Crippen molar-refractivity contribution in [3.8, 4) is 0 Å². The van der Waals surface area contributed by atoms with Crippen molar-refractivity contribution in [1.29, 1.82) is 0 Å². The minimum absolute atomic E-state index is 0.0298. The summed E-state index contributed by atoms with van der Waals surface area (Å²) in [5, 5.41) is 8.67. The van der Waals surface area contributed by atoms with E-state index in [4.69, 9.17) is 16.7 Å². The Kier molecular flexibility index (Phi) is 5.32. The number of pyridine rings is 1. The van der Waals surface area contributed by atoms with Gasteiger partial charge in [-0.3, -0.25) is 0 Å². The molecule has 0 aliphatic carbocycles. The van der Waals surface area contributed by atoms with E-state index in [1.807, 2.05) is 6.92 Å². The van der Waals surface area contributed by atoms with Crippen molar-refractivity contribution in [2.24, 2.45) is 5.92 Å². The summed E-state index contributed by atoms with van der Waals surface area (Å²) < 4.78 is 26.2. The fourth-order valence-corrected chi connectivity index (χ4v) is 2.84. The Balaban J connectivity index is 2.73. The maximum atomic E-state index is 11.9. The minimum atomic E-state index is -3.63. The van der Waals surface area contributed by atoms with E-state index in [1.165, 1.54) is 18.3 Å². The first-order valence-corrected chi connectivity index (χ1v) is 7.04. The summed E-state index contributed by atoms with van der Waals surface area (Å²) in [5.74, 6) is 0.0604. The lowest BCUT2D eigenvalue weighted by atomic mass is 10.1. The van der Waals surface area contributed by atoms with Crippen LogP contribution in [0.4, 0.5) is 0 Å². The van der Waals surface area contributed by atoms with Gasteiger partial charge in [0.05, 0.1) is 0 Å². The van der Waals surface area contributed by atoms with E-state index in [1.54, 1.807) is 0 Å². The number of rotatable bonds is 6. The molecular formula is C10H15ClN2O3S. The van der Waals surface area contributed by atoms with E-state index in [9.17, 15) is 8.42 Å². The van der Waals surface area contributed by atoms with Crippen molar-refractivity contribution in [3.63, 3.8) is 0 Å². The van der Waals surface area contributed by atoms with E-state index < -0.39 is 10.0 Å². The lowest BCUT2D eigenvalue weighted by molar-refractivity contribution is 0.263. The molecule has 0 aromatic carbocycles. The summed E-state index contributed by atoms with van der Waals surface area (Å²) >= 11 is 5.71. The zero-order valence-electron chi connectivity index (χ0n) is 9.43. The molecule has 1 heterocycles. The Morgan fingerprint density at radius 3 is 2.88 bits per heavy atom. The number of nitrogens with one attached hydrogen (secondary N) is 1. The molecule has 96 valence electrons. The predicted molar refractivity (Wildman–Crippen MR) is 65.3 cm³/mol. The zero-order chi connectivity index (χ0) is 12.9. The van der Waals surface area contributed by atoms with E-state index in [-0.39, 0.29) is 29.1 Å². The predicted octanol–water partition coefficient (Wildman–Crippen LogP) is 1.03. The molecule has 0 saturated heterocycles. The highest BCUT2D eigenvalue weighted by Crippen LogP contribution is 2.17. The third kappa shape index (κ3) is 4.23. The second-order valence-electron chi connectivity index (χ2n) is 3.76. The van der Waals surface area contributed by atoms with Crippen LogP contribution in [0.5, 0.6) is 0 Å². The lowest BCUT2D eigenvalue weighted by Gasteiger charge is -2.12. The first-order valence-electron chi connectivity index (χ1n) is 5.18. The molecule has 1 aromatic heterocycles. The highest BCUT2D eigenvalue weighted by molar-refractivity contribution is 7.89. The molecule has 1 atom stereocenters. The number of sulfonamides is 1. The van der Waals surface area contributed by atoms with Crippen molar-refractivity contribution in [2.75, 3.05) is 13.2 Å². The fourth-order valence-electron chi connectivity index (χ4n) is 1.22. The minimum Gasteiger partial charge on any atom is -0.396 e. The molecule has 1 unspecified atom stereocenters. The molecule has 17 heavy (non-hydrogen) atoms.